The fraction of sp³-hybridized carbons (Fsp3) is 0.556. The van der Waals surface area contributed by atoms with Crippen LogP contribution < -0.4 is 5.73 Å². The molecular formula is C18H26N2O. The number of hydrogen-bond donors (Lipinski definition) is 1. The van der Waals surface area contributed by atoms with E-state index in [-0.39, 0.29) is 0 Å². The van der Waals surface area contributed by atoms with E-state index in [0.717, 1.165) is 13.2 Å². The second-order valence-corrected chi connectivity index (χ2v) is 6.19. The van der Waals surface area contributed by atoms with Crippen molar-refractivity contribution in [1.82, 2.24) is 4.57 Å². The van der Waals surface area contributed by atoms with Crippen molar-refractivity contribution in [3.63, 3.8) is 0 Å². The predicted molar refractivity (Wildman–Crippen MR) is 87.5 cm³/mol. The average Bonchev–Trinajstić information content (AvgIpc) is 3.10. The van der Waals surface area contributed by atoms with Crippen molar-refractivity contribution in [2.75, 3.05) is 6.61 Å². The van der Waals surface area contributed by atoms with Crippen molar-refractivity contribution in [3.8, 4) is 0 Å². The number of aromatic nitrogens is 1. The van der Waals surface area contributed by atoms with Crippen molar-refractivity contribution in [1.29, 1.82) is 0 Å². The molecule has 1 saturated heterocycles. The van der Waals surface area contributed by atoms with Crippen LogP contribution in [0.4, 0.5) is 0 Å². The zero-order chi connectivity index (χ0) is 14.8. The molecular weight excluding hydrogens is 260 g/mol. The number of fused-ring (bicyclic) bond motifs is 1. The van der Waals surface area contributed by atoms with Crippen molar-refractivity contribution in [2.45, 2.75) is 58.7 Å². The molecule has 1 unspecified atom stereocenters. The molecule has 1 aromatic carbocycles. The molecule has 3 heteroatoms. The van der Waals surface area contributed by atoms with Gasteiger partial charge in [0.25, 0.3) is 0 Å². The smallest absolute Gasteiger partial charge is 0.0576 e. The van der Waals surface area contributed by atoms with E-state index < -0.39 is 0 Å². The van der Waals surface area contributed by atoms with Gasteiger partial charge in [-0.15, -0.1) is 0 Å². The second-order valence-electron chi connectivity index (χ2n) is 6.19. The molecule has 0 amide bonds. The van der Waals surface area contributed by atoms with E-state index in [1.165, 1.54) is 53.4 Å². The molecule has 0 bridgehead atoms. The maximum absolute atomic E-state index is 5.77. The summed E-state index contributed by atoms with van der Waals surface area (Å²) >= 11 is 0. The van der Waals surface area contributed by atoms with Gasteiger partial charge < -0.3 is 15.0 Å². The summed E-state index contributed by atoms with van der Waals surface area (Å²) in [7, 11) is 0. The number of benzene rings is 1. The normalized spacial score (nSPS) is 18.7. The van der Waals surface area contributed by atoms with Crippen LogP contribution in [0.5, 0.6) is 0 Å². The highest BCUT2D eigenvalue weighted by Gasteiger charge is 2.16. The van der Waals surface area contributed by atoms with Crippen molar-refractivity contribution >= 4 is 10.9 Å². The quantitative estimate of drug-likeness (QED) is 0.911. The predicted octanol–water partition coefficient (Wildman–Crippen LogP) is 3.68. The summed E-state index contributed by atoms with van der Waals surface area (Å²) in [5.41, 5.74) is 11.1. The number of ether oxygens (including phenoxy) is 1. The molecule has 3 nitrogen and oxygen atoms in total. The van der Waals surface area contributed by atoms with Gasteiger partial charge >= 0.3 is 0 Å². The Kier molecular flexibility index (Phi) is 4.32. The molecule has 1 aromatic heterocycles. The lowest BCUT2D eigenvalue weighted by Crippen LogP contribution is -2.08. The number of rotatable bonds is 5. The van der Waals surface area contributed by atoms with Crippen LogP contribution in [0.15, 0.2) is 18.2 Å². The average molecular weight is 286 g/mol. The Morgan fingerprint density at radius 1 is 1.33 bits per heavy atom. The van der Waals surface area contributed by atoms with Gasteiger partial charge in [0.2, 0.25) is 0 Å². The fourth-order valence-electron chi connectivity index (χ4n) is 3.46. The van der Waals surface area contributed by atoms with Crippen LogP contribution in [0.3, 0.4) is 0 Å². The van der Waals surface area contributed by atoms with Crippen LogP contribution in [-0.4, -0.2) is 17.3 Å². The zero-order valence-electron chi connectivity index (χ0n) is 13.2. The number of aryl methyl sites for hydroxylation is 2. The summed E-state index contributed by atoms with van der Waals surface area (Å²) in [4.78, 5) is 0. The van der Waals surface area contributed by atoms with Crippen LogP contribution in [0.1, 0.15) is 42.5 Å². The molecule has 2 aromatic rings. The molecule has 0 radical (unpaired) electrons. The van der Waals surface area contributed by atoms with Crippen molar-refractivity contribution in [2.24, 2.45) is 5.73 Å². The first-order chi connectivity index (χ1) is 10.2. The van der Waals surface area contributed by atoms with E-state index in [1.54, 1.807) is 0 Å². The van der Waals surface area contributed by atoms with Crippen LogP contribution in [0.25, 0.3) is 10.9 Å². The largest absolute Gasteiger partial charge is 0.378 e. The maximum Gasteiger partial charge on any atom is 0.0576 e. The van der Waals surface area contributed by atoms with Gasteiger partial charge in [-0.1, -0.05) is 6.07 Å². The second kappa shape index (κ2) is 6.20. The van der Waals surface area contributed by atoms with E-state index in [4.69, 9.17) is 10.5 Å². The van der Waals surface area contributed by atoms with Gasteiger partial charge in [0, 0.05) is 36.3 Å². The first-order valence-electron chi connectivity index (χ1n) is 8.10. The highest BCUT2D eigenvalue weighted by molar-refractivity contribution is 5.86. The lowest BCUT2D eigenvalue weighted by atomic mass is 10.1. The van der Waals surface area contributed by atoms with Gasteiger partial charge in [-0.05, 0) is 62.8 Å². The summed E-state index contributed by atoms with van der Waals surface area (Å²) in [6.07, 6.45) is 5.34. The molecule has 1 aliphatic heterocycles. The third-order valence-electron chi connectivity index (χ3n) is 4.87. The van der Waals surface area contributed by atoms with Gasteiger partial charge in [-0.3, -0.25) is 0 Å². The van der Waals surface area contributed by atoms with Crippen molar-refractivity contribution < 1.29 is 4.74 Å². The number of nitrogens with zero attached hydrogens (tertiary/aromatic N) is 1. The van der Waals surface area contributed by atoms with Gasteiger partial charge in [-0.25, -0.2) is 0 Å². The van der Waals surface area contributed by atoms with Gasteiger partial charge in [0.05, 0.1) is 6.10 Å². The Bertz CT molecular complexity index is 624. The highest BCUT2D eigenvalue weighted by atomic mass is 16.5. The molecule has 1 aliphatic rings. The summed E-state index contributed by atoms with van der Waals surface area (Å²) in [5, 5.41) is 1.35. The summed E-state index contributed by atoms with van der Waals surface area (Å²) in [6.45, 7) is 7.09. The van der Waals surface area contributed by atoms with Crippen LogP contribution >= 0.6 is 0 Å². The molecule has 1 fully saturated rings. The minimum atomic E-state index is 0.497. The Morgan fingerprint density at radius 2 is 2.19 bits per heavy atom. The molecule has 21 heavy (non-hydrogen) atoms. The van der Waals surface area contributed by atoms with E-state index in [0.29, 0.717) is 12.6 Å². The topological polar surface area (TPSA) is 40.2 Å². The Hall–Kier alpha value is -1.32. The zero-order valence-corrected chi connectivity index (χ0v) is 13.2. The molecule has 0 saturated carbocycles. The van der Waals surface area contributed by atoms with Crippen LogP contribution in [-0.2, 0) is 17.8 Å². The summed E-state index contributed by atoms with van der Waals surface area (Å²) < 4.78 is 8.18. The van der Waals surface area contributed by atoms with Crippen LogP contribution in [0.2, 0.25) is 0 Å². The minimum Gasteiger partial charge on any atom is -0.378 e. The Labute approximate surface area is 127 Å². The first kappa shape index (κ1) is 14.6. The van der Waals surface area contributed by atoms with Gasteiger partial charge in [0.15, 0.2) is 0 Å². The summed E-state index contributed by atoms with van der Waals surface area (Å²) in [6, 6.07) is 6.62. The van der Waals surface area contributed by atoms with Gasteiger partial charge in [0.1, 0.15) is 0 Å². The minimum absolute atomic E-state index is 0.497. The molecule has 114 valence electrons. The van der Waals surface area contributed by atoms with Crippen molar-refractivity contribution in [3.05, 3.63) is 35.0 Å². The monoisotopic (exact) mass is 286 g/mol. The van der Waals surface area contributed by atoms with Gasteiger partial charge in [-0.2, -0.15) is 0 Å². The third kappa shape index (κ3) is 2.85. The maximum atomic E-state index is 5.77. The van der Waals surface area contributed by atoms with Crippen LogP contribution in [0, 0.1) is 13.8 Å². The van der Waals surface area contributed by atoms with E-state index >= 15 is 0 Å². The molecule has 3 rings (SSSR count). The lowest BCUT2D eigenvalue weighted by Gasteiger charge is -2.12. The van der Waals surface area contributed by atoms with E-state index in [2.05, 4.69) is 36.6 Å². The molecule has 2 heterocycles. The molecule has 0 aliphatic carbocycles. The third-order valence-corrected chi connectivity index (χ3v) is 4.87. The fourth-order valence-corrected chi connectivity index (χ4v) is 3.46. The van der Waals surface area contributed by atoms with E-state index in [9.17, 15) is 0 Å². The standard InChI is InChI=1S/C18H26N2O/c1-13-14(2)20(9-3-5-16-6-4-10-21-16)18-8-7-15(12-19)11-17(13)18/h7-8,11,16H,3-6,9-10,12,19H2,1-2H3. The number of nitrogens with two attached hydrogens (primary N) is 1. The summed E-state index contributed by atoms with van der Waals surface area (Å²) in [5.74, 6) is 0. The SMILES string of the molecule is Cc1c(C)n(CCCC2CCCO2)c2ccc(CN)cc12. The molecule has 0 spiro atoms. The van der Waals surface area contributed by atoms with E-state index in [1.807, 2.05) is 0 Å². The molecule has 2 N–H and O–H groups in total. The number of hydrogen-bond acceptors (Lipinski definition) is 2. The first-order valence-corrected chi connectivity index (χ1v) is 8.10. The Balaban J connectivity index is 1.79. The Morgan fingerprint density at radius 3 is 2.90 bits per heavy atom. The highest BCUT2D eigenvalue weighted by Crippen LogP contribution is 2.27. The molecule has 1 atom stereocenters. The lowest BCUT2D eigenvalue weighted by molar-refractivity contribution is 0.101.